The van der Waals surface area contributed by atoms with Crippen LogP contribution < -0.4 is 4.72 Å². The molecule has 0 saturated carbocycles. The lowest BCUT2D eigenvalue weighted by Crippen LogP contribution is -2.36. The minimum absolute atomic E-state index is 0.0139. The number of rotatable bonds is 1. The van der Waals surface area contributed by atoms with E-state index in [9.17, 15) is 21.6 Å². The van der Waals surface area contributed by atoms with Crippen LogP contribution in [-0.2, 0) is 10.3 Å². The maximum atomic E-state index is 10.9. The first-order valence-electron chi connectivity index (χ1n) is 1.54. The molecule has 0 aromatic rings. The van der Waals surface area contributed by atoms with E-state index < -0.39 is 16.6 Å². The summed E-state index contributed by atoms with van der Waals surface area (Å²) in [5.41, 5.74) is 0. The van der Waals surface area contributed by atoms with Crippen molar-refractivity contribution in [3.8, 4) is 0 Å². The van der Waals surface area contributed by atoms with E-state index in [0.717, 1.165) is 0 Å². The Labute approximate surface area is 48.5 Å². The summed E-state index contributed by atoms with van der Waals surface area (Å²) >= 11 is 0. The molecule has 0 aromatic carbocycles. The standard InChI is InChI=1S/CH2F3NO3S/c2-1(3,4)5-9(6,7)8/h5H,(H,6,7,8). The molecule has 0 spiro atoms. The first-order chi connectivity index (χ1) is 3.71. The van der Waals surface area contributed by atoms with E-state index in [1.54, 1.807) is 0 Å². The van der Waals surface area contributed by atoms with Crippen LogP contribution in [0.5, 0.6) is 0 Å². The van der Waals surface area contributed by atoms with Crippen LogP contribution in [0.2, 0.25) is 0 Å². The lowest BCUT2D eigenvalue weighted by atomic mass is 11.3. The van der Waals surface area contributed by atoms with E-state index in [0.29, 0.717) is 0 Å². The Morgan fingerprint density at radius 3 is 1.67 bits per heavy atom. The first kappa shape index (κ1) is 8.66. The quantitative estimate of drug-likeness (QED) is 0.421. The number of halogens is 3. The van der Waals surface area contributed by atoms with Gasteiger partial charge in [0.25, 0.3) is 0 Å². The fraction of sp³-hybridized carbons (Fsp3) is 1.00. The zero-order chi connectivity index (χ0) is 7.71. The Kier molecular flexibility index (Phi) is 2.04. The average Bonchev–Trinajstić information content (AvgIpc) is 1.14. The third-order valence-corrected chi connectivity index (χ3v) is 0.734. The van der Waals surface area contributed by atoms with Gasteiger partial charge >= 0.3 is 16.6 Å². The molecule has 9 heavy (non-hydrogen) atoms. The van der Waals surface area contributed by atoms with E-state index in [1.165, 1.54) is 0 Å². The molecule has 0 unspecified atom stereocenters. The highest BCUT2D eigenvalue weighted by molar-refractivity contribution is 7.83. The van der Waals surface area contributed by atoms with Gasteiger partial charge in [0.05, 0.1) is 0 Å². The van der Waals surface area contributed by atoms with E-state index in [2.05, 4.69) is 0 Å². The summed E-state index contributed by atoms with van der Waals surface area (Å²) in [5, 5.41) is 0. The molecule has 0 saturated heterocycles. The summed E-state index contributed by atoms with van der Waals surface area (Å²) in [6.07, 6.45) is -5.10. The molecule has 4 nitrogen and oxygen atoms in total. The van der Waals surface area contributed by atoms with Gasteiger partial charge in [0.2, 0.25) is 0 Å². The lowest BCUT2D eigenvalue weighted by Gasteiger charge is -2.02. The van der Waals surface area contributed by atoms with Crippen LogP contribution >= 0.6 is 0 Å². The van der Waals surface area contributed by atoms with E-state index >= 15 is 0 Å². The summed E-state index contributed by atoms with van der Waals surface area (Å²) < 4.78 is 58.9. The number of nitrogens with one attached hydrogen (secondary N) is 1. The fourth-order valence-electron chi connectivity index (χ4n) is 0.146. The van der Waals surface area contributed by atoms with Gasteiger partial charge < -0.3 is 0 Å². The van der Waals surface area contributed by atoms with Crippen molar-refractivity contribution < 1.29 is 26.1 Å². The minimum atomic E-state index is -5.16. The van der Waals surface area contributed by atoms with E-state index in [1.807, 2.05) is 0 Å². The van der Waals surface area contributed by atoms with E-state index in [4.69, 9.17) is 4.55 Å². The minimum Gasteiger partial charge on any atom is -0.273 e. The number of hydrogen-bond acceptors (Lipinski definition) is 2. The molecule has 0 atom stereocenters. The molecule has 0 rings (SSSR count). The third kappa shape index (κ3) is 7.66. The molecule has 0 aromatic heterocycles. The van der Waals surface area contributed by atoms with Crippen LogP contribution in [0, 0.1) is 0 Å². The average molecular weight is 165 g/mol. The molecule has 2 N–H and O–H groups in total. The largest absolute Gasteiger partial charge is 0.472 e. The fourth-order valence-corrected chi connectivity index (χ4v) is 0.439. The van der Waals surface area contributed by atoms with Crippen molar-refractivity contribution in [1.82, 2.24) is 4.72 Å². The smallest absolute Gasteiger partial charge is 0.273 e. The maximum absolute atomic E-state index is 10.9. The van der Waals surface area contributed by atoms with Crippen LogP contribution in [0.4, 0.5) is 13.2 Å². The monoisotopic (exact) mass is 165 g/mol. The SMILES string of the molecule is O=S(=O)(O)NC(F)(F)F. The molecular weight excluding hydrogens is 163 g/mol. The molecule has 0 aliphatic carbocycles. The van der Waals surface area contributed by atoms with Crippen molar-refractivity contribution >= 4 is 10.3 Å². The van der Waals surface area contributed by atoms with Crippen LogP contribution in [-0.4, -0.2) is 19.3 Å². The van der Waals surface area contributed by atoms with Gasteiger partial charge in [-0.2, -0.15) is 21.6 Å². The van der Waals surface area contributed by atoms with Crippen molar-refractivity contribution in [2.45, 2.75) is 6.30 Å². The van der Waals surface area contributed by atoms with Crippen LogP contribution in [0.3, 0.4) is 0 Å². The van der Waals surface area contributed by atoms with Gasteiger partial charge in [-0.05, 0) is 0 Å². The number of alkyl halides is 3. The third-order valence-electron chi connectivity index (χ3n) is 0.245. The molecule has 8 heteroatoms. The van der Waals surface area contributed by atoms with Crippen LogP contribution in [0.25, 0.3) is 0 Å². The summed E-state index contributed by atoms with van der Waals surface area (Å²) in [6.45, 7) is 0. The first-order valence-corrected chi connectivity index (χ1v) is 2.98. The van der Waals surface area contributed by atoms with Gasteiger partial charge in [-0.15, -0.1) is 0 Å². The van der Waals surface area contributed by atoms with Gasteiger partial charge in [0, 0.05) is 0 Å². The molecule has 0 heterocycles. The highest BCUT2D eigenvalue weighted by Crippen LogP contribution is 2.09. The lowest BCUT2D eigenvalue weighted by molar-refractivity contribution is -0.139. The normalized spacial score (nSPS) is 13.8. The molecular formula is CH2F3NO3S. The van der Waals surface area contributed by atoms with Crippen molar-refractivity contribution in [1.29, 1.82) is 0 Å². The maximum Gasteiger partial charge on any atom is 0.472 e. The zero-order valence-corrected chi connectivity index (χ0v) is 4.62. The molecule has 0 fully saturated rings. The molecule has 0 aliphatic rings. The summed E-state index contributed by atoms with van der Waals surface area (Å²) in [7, 11) is -5.16. The van der Waals surface area contributed by atoms with Gasteiger partial charge in [-0.1, -0.05) is 4.72 Å². The Bertz CT molecular complexity index is 180. The second-order valence-electron chi connectivity index (χ2n) is 1.07. The van der Waals surface area contributed by atoms with Gasteiger partial charge in [-0.25, -0.2) is 0 Å². The topological polar surface area (TPSA) is 66.4 Å². The van der Waals surface area contributed by atoms with Crippen LogP contribution in [0.1, 0.15) is 0 Å². The van der Waals surface area contributed by atoms with E-state index in [-0.39, 0.29) is 4.72 Å². The van der Waals surface area contributed by atoms with Gasteiger partial charge in [0.15, 0.2) is 0 Å². The Balaban J connectivity index is 4.07. The molecule has 0 radical (unpaired) electrons. The molecule has 56 valence electrons. The molecule has 0 aliphatic heterocycles. The highest BCUT2D eigenvalue weighted by atomic mass is 32.2. The summed E-state index contributed by atoms with van der Waals surface area (Å²) in [4.78, 5) is 0. The molecule has 0 bridgehead atoms. The van der Waals surface area contributed by atoms with Crippen molar-refractivity contribution in [2.75, 3.05) is 0 Å². The van der Waals surface area contributed by atoms with Crippen molar-refractivity contribution in [2.24, 2.45) is 0 Å². The highest BCUT2D eigenvalue weighted by Gasteiger charge is 2.32. The Morgan fingerprint density at radius 1 is 1.33 bits per heavy atom. The molecule has 0 amide bonds. The van der Waals surface area contributed by atoms with Crippen LogP contribution in [0.15, 0.2) is 0 Å². The van der Waals surface area contributed by atoms with Gasteiger partial charge in [-0.3, -0.25) is 4.55 Å². The Hall–Kier alpha value is -0.340. The predicted octanol–water partition coefficient (Wildman–Crippen LogP) is -0.101. The zero-order valence-electron chi connectivity index (χ0n) is 3.81. The second-order valence-corrected chi connectivity index (χ2v) is 2.23. The predicted molar refractivity (Wildman–Crippen MR) is 20.7 cm³/mol. The van der Waals surface area contributed by atoms with Crippen molar-refractivity contribution in [3.63, 3.8) is 0 Å². The second kappa shape index (κ2) is 2.12. The Morgan fingerprint density at radius 2 is 1.67 bits per heavy atom. The van der Waals surface area contributed by atoms with Gasteiger partial charge in [0.1, 0.15) is 0 Å². The summed E-state index contributed by atoms with van der Waals surface area (Å²) in [5.74, 6) is 0. The van der Waals surface area contributed by atoms with Crippen molar-refractivity contribution in [3.05, 3.63) is 0 Å². The number of hydrogen-bond donors (Lipinski definition) is 2. The summed E-state index contributed by atoms with van der Waals surface area (Å²) in [6, 6.07) is 0.